The summed E-state index contributed by atoms with van der Waals surface area (Å²) in [7, 11) is 3.29. The van der Waals surface area contributed by atoms with E-state index in [1.165, 1.54) is 23.1 Å². The molecule has 14 nitrogen and oxygen atoms in total. The van der Waals surface area contributed by atoms with Crippen molar-refractivity contribution in [3.63, 3.8) is 0 Å². The number of anilines is 3. The van der Waals surface area contributed by atoms with Crippen molar-refractivity contribution in [3.8, 4) is 0 Å². The van der Waals surface area contributed by atoms with E-state index >= 15 is 0 Å². The lowest BCUT2D eigenvalue weighted by molar-refractivity contribution is -0.137. The molecule has 4 heterocycles. The molecule has 0 spiro atoms. The largest absolute Gasteiger partial charge is 0.416 e. The smallest absolute Gasteiger partial charge is 0.377 e. The van der Waals surface area contributed by atoms with Gasteiger partial charge in [-0.05, 0) is 54.8 Å². The van der Waals surface area contributed by atoms with Gasteiger partial charge in [0.25, 0.3) is 11.5 Å². The highest BCUT2D eigenvalue weighted by Crippen LogP contribution is 2.34. The minimum Gasteiger partial charge on any atom is -0.377 e. The Morgan fingerprint density at radius 1 is 1.05 bits per heavy atom. The molecule has 2 aliphatic rings. The molecule has 0 unspecified atom stereocenters. The van der Waals surface area contributed by atoms with Crippen LogP contribution in [0.2, 0.25) is 5.02 Å². The Hall–Kier alpha value is -5.49. The highest BCUT2D eigenvalue weighted by molar-refractivity contribution is 6.33. The lowest BCUT2D eigenvalue weighted by Crippen LogP contribution is -2.52. The number of piperazine rings is 1. The number of ether oxygens (including phenoxy) is 1. The molecule has 2 aromatic heterocycles. The number of nitrogens with one attached hydrogen (secondary N) is 2. The molecule has 292 valence electrons. The molecule has 55 heavy (non-hydrogen) atoms. The van der Waals surface area contributed by atoms with Crippen LogP contribution < -0.4 is 26.0 Å². The second kappa shape index (κ2) is 16.1. The van der Waals surface area contributed by atoms with E-state index in [1.54, 1.807) is 35.4 Å². The molecule has 1 fully saturated rings. The highest BCUT2D eigenvalue weighted by Gasteiger charge is 2.32. The number of benzene rings is 2. The summed E-state index contributed by atoms with van der Waals surface area (Å²) < 4.78 is 61.8. The van der Waals surface area contributed by atoms with Gasteiger partial charge in [0.15, 0.2) is 5.82 Å². The first-order valence-electron chi connectivity index (χ1n) is 17.4. The number of alkyl halides is 3. The van der Waals surface area contributed by atoms with E-state index in [2.05, 4.69) is 20.7 Å². The fraction of sp³-hybridized carbons (Fsp3) is 0.389. The van der Waals surface area contributed by atoms with Crippen molar-refractivity contribution in [2.24, 2.45) is 0 Å². The first-order chi connectivity index (χ1) is 26.2. The number of fused-ring (bicyclic) bond motifs is 1. The Balaban J connectivity index is 1.23. The van der Waals surface area contributed by atoms with Gasteiger partial charge in [-0.3, -0.25) is 19.2 Å². The summed E-state index contributed by atoms with van der Waals surface area (Å²) >= 11 is 6.12. The van der Waals surface area contributed by atoms with Crippen LogP contribution in [0.3, 0.4) is 0 Å². The molecule has 1 saturated heterocycles. The minimum atomic E-state index is -4.62. The van der Waals surface area contributed by atoms with Gasteiger partial charge < -0.3 is 34.6 Å². The summed E-state index contributed by atoms with van der Waals surface area (Å²) in [6.45, 7) is 2.77. The maximum Gasteiger partial charge on any atom is 0.416 e. The lowest BCUT2D eigenvalue weighted by Gasteiger charge is -2.36. The first-order valence-corrected chi connectivity index (χ1v) is 17.8. The molecule has 0 bridgehead atoms. The third kappa shape index (κ3) is 8.44. The number of amides is 3. The van der Waals surface area contributed by atoms with E-state index in [1.807, 2.05) is 6.08 Å². The monoisotopic (exact) mass is 787 g/mol. The molecule has 6 rings (SSSR count). The molecule has 2 aliphatic heterocycles. The number of rotatable bonds is 10. The van der Waals surface area contributed by atoms with Gasteiger partial charge in [-0.15, -0.1) is 5.10 Å². The van der Waals surface area contributed by atoms with Crippen LogP contribution in [0.25, 0.3) is 11.4 Å². The van der Waals surface area contributed by atoms with Crippen LogP contribution in [0.15, 0.2) is 47.3 Å². The Morgan fingerprint density at radius 3 is 2.44 bits per heavy atom. The first kappa shape index (κ1) is 39.2. The van der Waals surface area contributed by atoms with E-state index in [9.17, 15) is 36.7 Å². The highest BCUT2D eigenvalue weighted by atomic mass is 35.5. The van der Waals surface area contributed by atoms with Crippen molar-refractivity contribution in [2.75, 3.05) is 75.1 Å². The van der Waals surface area contributed by atoms with Crippen molar-refractivity contribution in [2.45, 2.75) is 32.5 Å². The second-order valence-electron chi connectivity index (χ2n) is 13.1. The van der Waals surface area contributed by atoms with Gasteiger partial charge in [0, 0.05) is 45.8 Å². The Kier molecular flexibility index (Phi) is 11.5. The number of aromatic nitrogens is 4. The molecule has 2 aromatic carbocycles. The summed E-state index contributed by atoms with van der Waals surface area (Å²) in [5, 5.41) is 9.38. The van der Waals surface area contributed by atoms with E-state index in [0.717, 1.165) is 28.3 Å². The number of halogens is 5. The van der Waals surface area contributed by atoms with Gasteiger partial charge in [0.05, 0.1) is 47.4 Å². The summed E-state index contributed by atoms with van der Waals surface area (Å²) in [6.07, 6.45) is -2.03. The molecular weight excluding hydrogens is 750 g/mol. The van der Waals surface area contributed by atoms with Crippen LogP contribution in [0.1, 0.15) is 40.8 Å². The Bertz CT molecular complexity index is 2230. The molecule has 0 saturated carbocycles. The van der Waals surface area contributed by atoms with Crippen LogP contribution >= 0.6 is 11.6 Å². The van der Waals surface area contributed by atoms with Crippen LogP contribution in [-0.4, -0.2) is 102 Å². The Morgan fingerprint density at radius 2 is 1.80 bits per heavy atom. The summed E-state index contributed by atoms with van der Waals surface area (Å²) in [6, 6.07) is 6.52. The normalized spacial score (nSPS) is 14.9. The SMILES string of the molecule is CCc1c(N2CCN(C(=O)CNC(=O)c3ccc(F)c(N(C)C)c3)CC2)c(=O)n2nc(C3=CCOCC3)nc2n1CC(=O)Nc1ccc(C(F)(F)F)cc1Cl. The predicted octanol–water partition coefficient (Wildman–Crippen LogP) is 3.85. The third-order valence-electron chi connectivity index (χ3n) is 9.32. The molecule has 4 aromatic rings. The quantitative estimate of drug-likeness (QED) is 0.229. The Labute approximate surface area is 317 Å². The standard InChI is InChI=1S/C36H38ClF4N9O5/c1-4-27-31(48-13-11-47(12-14-48)30(52)19-42-33(53)22-5-7-25(38)28(17-22)46(2)3)34(54)50-35(44-32(45-50)21-9-15-55-16-10-21)49(27)20-29(51)43-26-8-6-23(18-24(26)37)36(39,40)41/h5-9,17-18H,4,10-16,19-20H2,1-3H3,(H,42,53)(H,43,51). The lowest BCUT2D eigenvalue weighted by atomic mass is 10.1. The van der Waals surface area contributed by atoms with Crippen LogP contribution in [0.5, 0.6) is 0 Å². The number of hydrogen-bond donors (Lipinski definition) is 2. The van der Waals surface area contributed by atoms with Gasteiger partial charge in [-0.1, -0.05) is 24.6 Å². The van der Waals surface area contributed by atoms with Crippen molar-refractivity contribution in [3.05, 3.63) is 86.3 Å². The molecule has 0 atom stereocenters. The minimum absolute atomic E-state index is 0.0301. The van der Waals surface area contributed by atoms with Crippen LogP contribution in [0, 0.1) is 5.82 Å². The number of carbonyl (C=O) groups is 3. The average Bonchev–Trinajstić information content (AvgIpc) is 3.62. The summed E-state index contributed by atoms with van der Waals surface area (Å²) in [5.41, 5.74) is 0.410. The molecule has 0 radical (unpaired) electrons. The molecule has 3 amide bonds. The van der Waals surface area contributed by atoms with Crippen LogP contribution in [-0.2, 0) is 33.5 Å². The van der Waals surface area contributed by atoms with E-state index in [0.29, 0.717) is 25.3 Å². The fourth-order valence-corrected chi connectivity index (χ4v) is 6.70. The average molecular weight is 788 g/mol. The summed E-state index contributed by atoms with van der Waals surface area (Å²) in [4.78, 5) is 63.2. The predicted molar refractivity (Wildman–Crippen MR) is 197 cm³/mol. The maximum atomic E-state index is 14.2. The second-order valence-corrected chi connectivity index (χ2v) is 13.5. The van der Waals surface area contributed by atoms with Crippen molar-refractivity contribution in [1.82, 2.24) is 29.4 Å². The van der Waals surface area contributed by atoms with Crippen molar-refractivity contribution < 1.29 is 36.7 Å². The van der Waals surface area contributed by atoms with Gasteiger partial charge in [-0.2, -0.15) is 22.7 Å². The molecule has 2 N–H and O–H groups in total. The number of nitrogens with zero attached hydrogens (tertiary/aromatic N) is 7. The topological polar surface area (TPSA) is 146 Å². The van der Waals surface area contributed by atoms with Crippen molar-refractivity contribution >= 4 is 57.7 Å². The van der Waals surface area contributed by atoms with Gasteiger partial charge in [-0.25, -0.2) is 4.39 Å². The zero-order valence-corrected chi connectivity index (χ0v) is 30.9. The van der Waals surface area contributed by atoms with E-state index in [-0.39, 0.29) is 90.8 Å². The third-order valence-corrected chi connectivity index (χ3v) is 9.63. The maximum absolute atomic E-state index is 14.2. The van der Waals surface area contributed by atoms with Crippen LogP contribution in [0.4, 0.5) is 34.6 Å². The van der Waals surface area contributed by atoms with Crippen molar-refractivity contribution in [1.29, 1.82) is 0 Å². The summed E-state index contributed by atoms with van der Waals surface area (Å²) in [5.74, 6) is -1.64. The van der Waals surface area contributed by atoms with Gasteiger partial charge >= 0.3 is 6.18 Å². The molecular formula is C36H38ClF4N9O5. The number of hydrogen-bond acceptors (Lipinski definition) is 9. The zero-order chi connectivity index (χ0) is 39.6. The zero-order valence-electron chi connectivity index (χ0n) is 30.2. The van der Waals surface area contributed by atoms with E-state index in [4.69, 9.17) is 16.3 Å². The number of carbonyl (C=O) groups excluding carboxylic acids is 3. The molecule has 0 aliphatic carbocycles. The van der Waals surface area contributed by atoms with Gasteiger partial charge in [0.1, 0.15) is 18.0 Å². The fourth-order valence-electron chi connectivity index (χ4n) is 6.47. The van der Waals surface area contributed by atoms with E-state index < -0.39 is 34.9 Å². The van der Waals surface area contributed by atoms with Gasteiger partial charge in [0.2, 0.25) is 17.6 Å². The molecule has 19 heteroatoms.